The third kappa shape index (κ3) is 1.37. The van der Waals surface area contributed by atoms with Crippen molar-refractivity contribution in [1.29, 1.82) is 0 Å². The van der Waals surface area contributed by atoms with E-state index in [0.717, 1.165) is 4.70 Å². The summed E-state index contributed by atoms with van der Waals surface area (Å²) in [6.45, 7) is 0. The number of halogens is 1. The summed E-state index contributed by atoms with van der Waals surface area (Å²) >= 11 is 11.5. The van der Waals surface area contributed by atoms with Crippen LogP contribution in [0.3, 0.4) is 0 Å². The van der Waals surface area contributed by atoms with Gasteiger partial charge in [-0.2, -0.15) is 0 Å². The fourth-order valence-corrected chi connectivity index (χ4v) is 2.76. The Balaban J connectivity index is 2.88. The van der Waals surface area contributed by atoms with E-state index in [-0.39, 0.29) is 10.7 Å². The Morgan fingerprint density at radius 2 is 2.29 bits per heavy atom. The average molecular weight is 246 g/mol. The highest BCUT2D eigenvalue weighted by Gasteiger charge is 2.17. The van der Waals surface area contributed by atoms with Crippen LogP contribution in [0.2, 0.25) is 5.02 Å². The molecule has 0 atom stereocenters. The molecule has 0 bridgehead atoms. The first-order chi connectivity index (χ1) is 6.61. The number of thiol groups is 1. The molecule has 0 aliphatic rings. The van der Waals surface area contributed by atoms with Gasteiger partial charge in [-0.05, 0) is 11.4 Å². The Morgan fingerprint density at radius 1 is 1.57 bits per heavy atom. The lowest BCUT2D eigenvalue weighted by molar-refractivity contribution is -0.384. The van der Waals surface area contributed by atoms with Gasteiger partial charge < -0.3 is 0 Å². The van der Waals surface area contributed by atoms with Gasteiger partial charge in [0.05, 0.1) is 4.92 Å². The zero-order valence-electron chi connectivity index (χ0n) is 6.73. The van der Waals surface area contributed by atoms with Crippen LogP contribution < -0.4 is 0 Å². The lowest BCUT2D eigenvalue weighted by Gasteiger charge is -1.99. The first-order valence-electron chi connectivity index (χ1n) is 3.64. The first-order valence-corrected chi connectivity index (χ1v) is 5.35. The number of benzene rings is 1. The number of nitrogens with zero attached hydrogens (tertiary/aromatic N) is 1. The molecule has 3 nitrogen and oxygen atoms in total. The van der Waals surface area contributed by atoms with Crippen LogP contribution in [0.5, 0.6) is 0 Å². The summed E-state index contributed by atoms with van der Waals surface area (Å²) in [5.41, 5.74) is -0.0948. The normalized spacial score (nSPS) is 10.7. The number of hydrogen-bond acceptors (Lipinski definition) is 4. The first kappa shape index (κ1) is 9.76. The molecule has 0 aliphatic carbocycles. The summed E-state index contributed by atoms with van der Waals surface area (Å²) in [5, 5.41) is 13.3. The predicted octanol–water partition coefficient (Wildman–Crippen LogP) is 3.75. The van der Waals surface area contributed by atoms with E-state index in [0.29, 0.717) is 10.3 Å². The van der Waals surface area contributed by atoms with E-state index in [4.69, 9.17) is 11.6 Å². The van der Waals surface area contributed by atoms with Gasteiger partial charge in [-0.15, -0.1) is 24.0 Å². The van der Waals surface area contributed by atoms with Crippen molar-refractivity contribution in [1.82, 2.24) is 0 Å². The van der Waals surface area contributed by atoms with Gasteiger partial charge in [-0.25, -0.2) is 0 Å². The quantitative estimate of drug-likeness (QED) is 0.472. The molecule has 0 amide bonds. The Hall–Kier alpha value is -0.780. The summed E-state index contributed by atoms with van der Waals surface area (Å²) in [7, 11) is 0. The van der Waals surface area contributed by atoms with E-state index < -0.39 is 4.92 Å². The fourth-order valence-electron chi connectivity index (χ4n) is 1.21. The van der Waals surface area contributed by atoms with Crippen molar-refractivity contribution in [3.8, 4) is 0 Å². The molecule has 2 aromatic rings. The van der Waals surface area contributed by atoms with Crippen LogP contribution in [-0.4, -0.2) is 4.92 Å². The number of nitro benzene ring substituents is 1. The highest BCUT2D eigenvalue weighted by atomic mass is 35.5. The molecule has 6 heteroatoms. The van der Waals surface area contributed by atoms with Crippen LogP contribution in [0, 0.1) is 10.1 Å². The molecule has 0 N–H and O–H groups in total. The van der Waals surface area contributed by atoms with Gasteiger partial charge in [-0.3, -0.25) is 10.1 Å². The molecule has 72 valence electrons. The molecule has 0 saturated carbocycles. The van der Waals surface area contributed by atoms with Crippen molar-refractivity contribution in [2.45, 2.75) is 4.90 Å². The van der Waals surface area contributed by atoms with E-state index in [1.165, 1.54) is 17.4 Å². The maximum absolute atomic E-state index is 10.6. The minimum atomic E-state index is -0.501. The Labute approximate surface area is 93.9 Å². The highest BCUT2D eigenvalue weighted by Crippen LogP contribution is 2.39. The molecule has 0 spiro atoms. The SMILES string of the molecule is O=[N+]([O-])c1cc(S)c2sccc2c1Cl. The standard InChI is InChI=1S/C8H4ClNO2S2/c9-7-4-1-2-14-8(4)6(13)3-5(7)10(11)12/h1-3,13H. The predicted molar refractivity (Wildman–Crippen MR) is 60.7 cm³/mol. The van der Waals surface area contributed by atoms with Gasteiger partial charge in [0.15, 0.2) is 0 Å². The van der Waals surface area contributed by atoms with E-state index in [2.05, 4.69) is 12.6 Å². The van der Waals surface area contributed by atoms with Crippen molar-refractivity contribution in [2.24, 2.45) is 0 Å². The third-order valence-electron chi connectivity index (χ3n) is 1.83. The van der Waals surface area contributed by atoms with Crippen LogP contribution in [0.15, 0.2) is 22.4 Å². The lowest BCUT2D eigenvalue weighted by atomic mass is 10.2. The molecule has 0 aliphatic heterocycles. The zero-order chi connectivity index (χ0) is 10.3. The van der Waals surface area contributed by atoms with Gasteiger partial charge in [0.2, 0.25) is 0 Å². The van der Waals surface area contributed by atoms with Crippen molar-refractivity contribution in [3.63, 3.8) is 0 Å². The average Bonchev–Trinajstić information content (AvgIpc) is 2.59. The molecule has 1 aromatic heterocycles. The monoisotopic (exact) mass is 245 g/mol. The number of nitro groups is 1. The van der Waals surface area contributed by atoms with Crippen LogP contribution in [0.25, 0.3) is 10.1 Å². The molecule has 1 aromatic carbocycles. The van der Waals surface area contributed by atoms with E-state index in [9.17, 15) is 10.1 Å². The van der Waals surface area contributed by atoms with E-state index >= 15 is 0 Å². The second-order valence-electron chi connectivity index (χ2n) is 2.65. The maximum Gasteiger partial charge on any atom is 0.289 e. The molecular formula is C8H4ClNO2S2. The molecule has 0 fully saturated rings. The number of thiophene rings is 1. The second kappa shape index (κ2) is 3.42. The van der Waals surface area contributed by atoms with Gasteiger partial charge in [0, 0.05) is 21.0 Å². The third-order valence-corrected chi connectivity index (χ3v) is 3.68. The number of fused-ring (bicyclic) bond motifs is 1. The van der Waals surface area contributed by atoms with Crippen molar-refractivity contribution in [3.05, 3.63) is 32.6 Å². The summed E-state index contributed by atoms with van der Waals surface area (Å²) < 4.78 is 0.879. The molecule has 0 radical (unpaired) electrons. The van der Waals surface area contributed by atoms with Crippen molar-refractivity contribution in [2.75, 3.05) is 0 Å². The summed E-state index contributed by atoms with van der Waals surface area (Å²) in [6, 6.07) is 3.14. The van der Waals surface area contributed by atoms with Gasteiger partial charge in [0.25, 0.3) is 5.69 Å². The second-order valence-corrected chi connectivity index (χ2v) is 4.43. The zero-order valence-corrected chi connectivity index (χ0v) is 9.20. The molecule has 1 heterocycles. The smallest absolute Gasteiger partial charge is 0.258 e. The Kier molecular flexibility index (Phi) is 2.38. The Morgan fingerprint density at radius 3 is 2.93 bits per heavy atom. The van der Waals surface area contributed by atoms with Crippen LogP contribution >= 0.6 is 35.6 Å². The van der Waals surface area contributed by atoms with Crippen molar-refractivity contribution < 1.29 is 4.92 Å². The lowest BCUT2D eigenvalue weighted by Crippen LogP contribution is -1.89. The minimum Gasteiger partial charge on any atom is -0.258 e. The largest absolute Gasteiger partial charge is 0.289 e. The fraction of sp³-hybridized carbons (Fsp3) is 0. The summed E-state index contributed by atoms with van der Waals surface area (Å²) in [5.74, 6) is 0. The highest BCUT2D eigenvalue weighted by molar-refractivity contribution is 7.80. The molecule has 0 unspecified atom stereocenters. The van der Waals surface area contributed by atoms with Gasteiger partial charge >= 0.3 is 0 Å². The van der Waals surface area contributed by atoms with Gasteiger partial charge in [0.1, 0.15) is 5.02 Å². The molecule has 14 heavy (non-hydrogen) atoms. The molecule has 0 saturated heterocycles. The Bertz CT molecular complexity index is 523. The van der Waals surface area contributed by atoms with Gasteiger partial charge in [-0.1, -0.05) is 11.6 Å². The molecular weight excluding hydrogens is 242 g/mol. The number of rotatable bonds is 1. The summed E-state index contributed by atoms with van der Waals surface area (Å²) in [6.07, 6.45) is 0. The van der Waals surface area contributed by atoms with Crippen LogP contribution in [-0.2, 0) is 0 Å². The van der Waals surface area contributed by atoms with E-state index in [1.54, 1.807) is 6.07 Å². The summed E-state index contributed by atoms with van der Waals surface area (Å²) in [4.78, 5) is 10.7. The topological polar surface area (TPSA) is 43.1 Å². The van der Waals surface area contributed by atoms with Crippen LogP contribution in [0.1, 0.15) is 0 Å². The molecule has 2 rings (SSSR count). The maximum atomic E-state index is 10.6. The minimum absolute atomic E-state index is 0.0948. The van der Waals surface area contributed by atoms with Crippen molar-refractivity contribution >= 4 is 51.3 Å². The number of hydrogen-bond donors (Lipinski definition) is 1. The van der Waals surface area contributed by atoms with E-state index in [1.807, 2.05) is 5.38 Å². The van der Waals surface area contributed by atoms with Crippen LogP contribution in [0.4, 0.5) is 5.69 Å².